The third-order valence-corrected chi connectivity index (χ3v) is 4.12. The van der Waals surface area contributed by atoms with Crippen LogP contribution in [-0.4, -0.2) is 23.8 Å². The summed E-state index contributed by atoms with van der Waals surface area (Å²) in [5, 5.41) is 12.8. The minimum atomic E-state index is -0.657. The van der Waals surface area contributed by atoms with Crippen LogP contribution < -0.4 is 15.6 Å². The van der Waals surface area contributed by atoms with Crippen molar-refractivity contribution in [3.63, 3.8) is 0 Å². The van der Waals surface area contributed by atoms with Gasteiger partial charge in [-0.3, -0.25) is 30.6 Å². The lowest BCUT2D eigenvalue weighted by Gasteiger charge is -2.05. The highest BCUT2D eigenvalue weighted by atomic mass is 16.6. The van der Waals surface area contributed by atoms with Crippen LogP contribution in [0.2, 0.25) is 0 Å². The Kier molecular flexibility index (Phi) is 5.84. The minimum absolute atomic E-state index is 0.0634. The lowest BCUT2D eigenvalue weighted by atomic mass is 10.1. The summed E-state index contributed by atoms with van der Waals surface area (Å²) < 4.78 is 5.19. The lowest BCUT2D eigenvalue weighted by Crippen LogP contribution is -2.40. The smallest absolute Gasteiger partial charge is 0.270 e. The summed E-state index contributed by atoms with van der Waals surface area (Å²) in [6.45, 7) is 0. The fraction of sp³-hybridized carbons (Fsp3) is 0.0476. The molecule has 0 heterocycles. The monoisotopic (exact) mass is 391 g/mol. The van der Waals surface area contributed by atoms with E-state index in [0.29, 0.717) is 0 Å². The van der Waals surface area contributed by atoms with Gasteiger partial charge in [-0.2, -0.15) is 0 Å². The highest BCUT2D eigenvalue weighted by Gasteiger charge is 2.11. The number of hydrazine groups is 1. The van der Waals surface area contributed by atoms with E-state index in [1.54, 1.807) is 13.2 Å². The number of nitrogens with zero attached hydrogens (tertiary/aromatic N) is 1. The second-order valence-corrected chi connectivity index (χ2v) is 6.06. The molecule has 0 unspecified atom stereocenters. The number of fused-ring (bicyclic) bond motifs is 1. The maximum Gasteiger partial charge on any atom is 0.270 e. The van der Waals surface area contributed by atoms with Gasteiger partial charge in [-0.25, -0.2) is 0 Å². The summed E-state index contributed by atoms with van der Waals surface area (Å²) in [5.74, 6) is -0.437. The molecule has 29 heavy (non-hydrogen) atoms. The number of nitro benzene ring substituents is 1. The molecule has 3 aromatic rings. The second-order valence-electron chi connectivity index (χ2n) is 6.06. The molecule has 0 atom stereocenters. The average Bonchev–Trinajstić information content (AvgIpc) is 2.75. The first-order valence-corrected chi connectivity index (χ1v) is 8.57. The van der Waals surface area contributed by atoms with Crippen LogP contribution in [0, 0.1) is 10.1 Å². The molecule has 8 nitrogen and oxygen atoms in total. The maximum absolute atomic E-state index is 12.0. The van der Waals surface area contributed by atoms with Gasteiger partial charge in [-0.1, -0.05) is 24.3 Å². The number of rotatable bonds is 5. The summed E-state index contributed by atoms with van der Waals surface area (Å²) in [5.41, 5.74) is 5.12. The predicted octanol–water partition coefficient (Wildman–Crippen LogP) is 3.23. The third kappa shape index (κ3) is 4.95. The average molecular weight is 391 g/mol. The molecular formula is C21H17N3O5. The van der Waals surface area contributed by atoms with Crippen molar-refractivity contribution in [1.29, 1.82) is 0 Å². The van der Waals surface area contributed by atoms with Crippen molar-refractivity contribution in [1.82, 2.24) is 10.9 Å². The number of non-ortho nitro benzene ring substituents is 1. The number of hydrogen-bond donors (Lipinski definition) is 2. The Morgan fingerprint density at radius 2 is 1.76 bits per heavy atom. The van der Waals surface area contributed by atoms with Crippen LogP contribution in [0.3, 0.4) is 0 Å². The van der Waals surface area contributed by atoms with E-state index in [1.165, 1.54) is 24.3 Å². The van der Waals surface area contributed by atoms with E-state index in [9.17, 15) is 19.7 Å². The highest BCUT2D eigenvalue weighted by Crippen LogP contribution is 2.22. The Bertz CT molecular complexity index is 1120. The normalized spacial score (nSPS) is 10.7. The van der Waals surface area contributed by atoms with Crippen LogP contribution in [0.4, 0.5) is 5.69 Å². The largest absolute Gasteiger partial charge is 0.497 e. The van der Waals surface area contributed by atoms with Gasteiger partial charge in [0.05, 0.1) is 12.0 Å². The van der Waals surface area contributed by atoms with Gasteiger partial charge in [0.1, 0.15) is 5.75 Å². The molecule has 0 aromatic heterocycles. The first-order valence-electron chi connectivity index (χ1n) is 8.57. The second kappa shape index (κ2) is 8.66. The summed E-state index contributed by atoms with van der Waals surface area (Å²) in [6, 6.07) is 16.6. The van der Waals surface area contributed by atoms with Gasteiger partial charge in [0.15, 0.2) is 0 Å². The fourth-order valence-corrected chi connectivity index (χ4v) is 2.64. The molecule has 146 valence electrons. The van der Waals surface area contributed by atoms with Gasteiger partial charge < -0.3 is 4.74 Å². The highest BCUT2D eigenvalue weighted by molar-refractivity contribution is 5.98. The zero-order valence-electron chi connectivity index (χ0n) is 15.4. The number of carbonyl (C=O) groups is 2. The topological polar surface area (TPSA) is 111 Å². The van der Waals surface area contributed by atoms with Gasteiger partial charge in [-0.15, -0.1) is 0 Å². The van der Waals surface area contributed by atoms with Gasteiger partial charge in [0.2, 0.25) is 0 Å². The van der Waals surface area contributed by atoms with Gasteiger partial charge in [0.25, 0.3) is 17.5 Å². The molecule has 0 spiro atoms. The minimum Gasteiger partial charge on any atom is -0.497 e. The van der Waals surface area contributed by atoms with E-state index < -0.39 is 16.7 Å². The molecule has 0 fully saturated rings. The van der Waals surface area contributed by atoms with Crippen molar-refractivity contribution in [3.8, 4) is 5.75 Å². The van der Waals surface area contributed by atoms with Crippen LogP contribution in [0.25, 0.3) is 16.8 Å². The zero-order chi connectivity index (χ0) is 20.8. The molecule has 8 heteroatoms. The SMILES string of the molecule is COc1ccc2cc(/C=C/C(=O)NNC(=O)c3cccc([N+](=O)[O-])c3)ccc2c1. The Morgan fingerprint density at radius 1 is 1.00 bits per heavy atom. The van der Waals surface area contributed by atoms with E-state index >= 15 is 0 Å². The van der Waals surface area contributed by atoms with Crippen LogP contribution in [-0.2, 0) is 4.79 Å². The van der Waals surface area contributed by atoms with Crippen molar-refractivity contribution in [2.75, 3.05) is 7.11 Å². The van der Waals surface area contributed by atoms with E-state index in [1.807, 2.05) is 36.4 Å². The van der Waals surface area contributed by atoms with Gasteiger partial charge in [-0.05, 0) is 46.7 Å². The summed E-state index contributed by atoms with van der Waals surface area (Å²) in [7, 11) is 1.61. The Morgan fingerprint density at radius 3 is 2.52 bits per heavy atom. The number of ether oxygens (including phenoxy) is 1. The summed E-state index contributed by atoms with van der Waals surface area (Å²) >= 11 is 0. The molecule has 0 radical (unpaired) electrons. The molecule has 2 amide bonds. The van der Waals surface area contributed by atoms with E-state index in [-0.39, 0.29) is 11.3 Å². The molecule has 0 saturated carbocycles. The molecule has 0 bridgehead atoms. The Hall–Kier alpha value is -4.20. The Labute approximate surface area is 165 Å². The van der Waals surface area contributed by atoms with Crippen molar-refractivity contribution in [2.24, 2.45) is 0 Å². The standard InChI is InChI=1S/C21H17N3O5/c1-29-19-9-8-15-11-14(5-7-16(15)13-19)6-10-20(25)22-23-21(26)17-3-2-4-18(12-17)24(27)28/h2-13H,1H3,(H,22,25)(H,23,26)/b10-6+. The predicted molar refractivity (Wildman–Crippen MR) is 108 cm³/mol. The van der Waals surface area contributed by atoms with Crippen molar-refractivity contribution < 1.29 is 19.2 Å². The molecule has 2 N–H and O–H groups in total. The molecule has 3 rings (SSSR count). The van der Waals surface area contributed by atoms with E-state index in [2.05, 4.69) is 10.9 Å². The molecule has 0 aliphatic rings. The van der Waals surface area contributed by atoms with Crippen molar-refractivity contribution in [2.45, 2.75) is 0 Å². The number of methoxy groups -OCH3 is 1. The van der Waals surface area contributed by atoms with Crippen molar-refractivity contribution >= 4 is 34.4 Å². The lowest BCUT2D eigenvalue weighted by molar-refractivity contribution is -0.384. The summed E-state index contributed by atoms with van der Waals surface area (Å²) in [4.78, 5) is 34.1. The first-order chi connectivity index (χ1) is 14.0. The molecule has 0 aliphatic carbocycles. The zero-order valence-corrected chi connectivity index (χ0v) is 15.4. The van der Waals surface area contributed by atoms with Gasteiger partial charge in [0, 0.05) is 23.8 Å². The number of carbonyl (C=O) groups excluding carboxylic acids is 2. The van der Waals surface area contributed by atoms with E-state index in [4.69, 9.17) is 4.74 Å². The number of amides is 2. The number of benzene rings is 3. The van der Waals surface area contributed by atoms with Crippen molar-refractivity contribution in [3.05, 3.63) is 88.0 Å². The summed E-state index contributed by atoms with van der Waals surface area (Å²) in [6.07, 6.45) is 2.89. The third-order valence-electron chi connectivity index (χ3n) is 4.12. The first kappa shape index (κ1) is 19.6. The fourth-order valence-electron chi connectivity index (χ4n) is 2.64. The number of hydrogen-bond acceptors (Lipinski definition) is 5. The van der Waals surface area contributed by atoms with Crippen LogP contribution in [0.5, 0.6) is 5.75 Å². The Balaban J connectivity index is 1.61. The van der Waals surface area contributed by atoms with Gasteiger partial charge >= 0.3 is 0 Å². The van der Waals surface area contributed by atoms with Crippen LogP contribution in [0.1, 0.15) is 15.9 Å². The molecular weight excluding hydrogens is 374 g/mol. The van der Waals surface area contributed by atoms with E-state index in [0.717, 1.165) is 28.2 Å². The maximum atomic E-state index is 12.0. The molecule has 3 aromatic carbocycles. The number of nitro groups is 1. The molecule has 0 aliphatic heterocycles. The van der Waals surface area contributed by atoms with Crippen LogP contribution >= 0.6 is 0 Å². The molecule has 0 saturated heterocycles. The number of nitrogens with one attached hydrogen (secondary N) is 2. The van der Waals surface area contributed by atoms with Crippen LogP contribution in [0.15, 0.2) is 66.7 Å². The quantitative estimate of drug-likeness (QED) is 0.394.